The number of H-pyrrole nitrogens is 1. The molecule has 1 fully saturated rings. The number of rotatable bonds is 2. The van der Waals surface area contributed by atoms with Gasteiger partial charge in [0, 0.05) is 12.6 Å². The summed E-state index contributed by atoms with van der Waals surface area (Å²) in [5.41, 5.74) is -1.07. The Morgan fingerprint density at radius 3 is 2.88 bits per heavy atom. The summed E-state index contributed by atoms with van der Waals surface area (Å²) in [5, 5.41) is 18.3. The van der Waals surface area contributed by atoms with Gasteiger partial charge >= 0.3 is 5.69 Å². The van der Waals surface area contributed by atoms with E-state index >= 15 is 0 Å². The summed E-state index contributed by atoms with van der Waals surface area (Å²) in [6, 6.07) is 0. The number of aromatic nitrogens is 2. The van der Waals surface area contributed by atoms with E-state index in [4.69, 9.17) is 9.84 Å². The van der Waals surface area contributed by atoms with Gasteiger partial charge in [-0.15, -0.1) is 0 Å². The number of halogens is 1. The van der Waals surface area contributed by atoms with Crippen LogP contribution in [0.3, 0.4) is 0 Å². The van der Waals surface area contributed by atoms with Crippen molar-refractivity contribution < 1.29 is 14.9 Å². The Morgan fingerprint density at radius 2 is 2.29 bits per heavy atom. The van der Waals surface area contributed by atoms with Crippen molar-refractivity contribution in [3.63, 3.8) is 0 Å². The van der Waals surface area contributed by atoms with Crippen LogP contribution in [0.25, 0.3) is 0 Å². The first-order valence-corrected chi connectivity index (χ1v) is 5.93. The average Bonchev–Trinajstić information content (AvgIpc) is 2.65. The number of nitrogens with zero attached hydrogens (tertiary/aromatic N) is 1. The molecule has 3 atom stereocenters. The van der Waals surface area contributed by atoms with Crippen LogP contribution in [0, 0.1) is 10.2 Å². The van der Waals surface area contributed by atoms with E-state index in [1.807, 2.05) is 0 Å². The summed E-state index contributed by atoms with van der Waals surface area (Å²) in [6.07, 6.45) is -0.864. The Labute approximate surface area is 109 Å². The lowest BCUT2D eigenvalue weighted by Gasteiger charge is -2.14. The van der Waals surface area contributed by atoms with Gasteiger partial charge in [0.2, 0.25) is 0 Å². The van der Waals surface area contributed by atoms with Crippen LogP contribution in [0.4, 0.5) is 0 Å². The lowest BCUT2D eigenvalue weighted by molar-refractivity contribution is -0.0234. The second-order valence-corrected chi connectivity index (χ2v) is 4.81. The molecular formula is C9H10IN2O5. The number of aliphatic hydroxyl groups excluding tert-OH is 2. The van der Waals surface area contributed by atoms with Gasteiger partial charge in [-0.1, -0.05) is 0 Å². The fourth-order valence-corrected chi connectivity index (χ4v) is 2.09. The number of aliphatic hydroxyl groups is 2. The van der Waals surface area contributed by atoms with Crippen molar-refractivity contribution in [3.8, 4) is 0 Å². The fraction of sp³-hybridized carbons (Fsp3) is 0.444. The van der Waals surface area contributed by atoms with Crippen molar-refractivity contribution >= 4 is 22.6 Å². The Morgan fingerprint density at radius 1 is 1.59 bits per heavy atom. The van der Waals surface area contributed by atoms with Gasteiger partial charge in [0.05, 0.1) is 9.67 Å². The minimum Gasteiger partial charge on any atom is -0.390 e. The zero-order valence-electron chi connectivity index (χ0n) is 8.54. The zero-order valence-corrected chi connectivity index (χ0v) is 10.7. The molecule has 1 radical (unpaired) electrons. The summed E-state index contributed by atoms with van der Waals surface area (Å²) < 4.78 is 6.80. The molecule has 1 aliphatic rings. The molecule has 2 heterocycles. The van der Waals surface area contributed by atoms with Crippen LogP contribution < -0.4 is 11.2 Å². The van der Waals surface area contributed by atoms with Crippen LogP contribution in [0.15, 0.2) is 15.8 Å². The minimum absolute atomic E-state index is 0.170. The normalized spacial score (nSPS) is 28.5. The summed E-state index contributed by atoms with van der Waals surface area (Å²) in [5.74, 6) is 0. The van der Waals surface area contributed by atoms with Gasteiger partial charge in [-0.05, 0) is 22.6 Å². The molecule has 1 aliphatic heterocycles. The van der Waals surface area contributed by atoms with Crippen molar-refractivity contribution in [1.29, 1.82) is 0 Å². The van der Waals surface area contributed by atoms with E-state index in [-0.39, 0.29) is 6.42 Å². The smallest absolute Gasteiger partial charge is 0.330 e. The van der Waals surface area contributed by atoms with E-state index in [9.17, 15) is 14.7 Å². The Hall–Kier alpha value is -0.710. The van der Waals surface area contributed by atoms with Crippen molar-refractivity contribution in [2.45, 2.75) is 24.9 Å². The fourth-order valence-electron chi connectivity index (χ4n) is 1.66. The van der Waals surface area contributed by atoms with E-state index in [1.54, 1.807) is 22.6 Å². The van der Waals surface area contributed by atoms with Crippen molar-refractivity contribution in [2.24, 2.45) is 0 Å². The maximum absolute atomic E-state index is 11.6. The molecule has 0 aromatic carbocycles. The number of hydrogen-bond donors (Lipinski definition) is 3. The first kappa shape index (κ1) is 12.7. The summed E-state index contributed by atoms with van der Waals surface area (Å²) in [6.45, 7) is 0.742. The Balaban J connectivity index is 2.34. The highest BCUT2D eigenvalue weighted by Gasteiger charge is 2.35. The van der Waals surface area contributed by atoms with Crippen molar-refractivity contribution in [2.75, 3.05) is 0 Å². The standard InChI is InChI=1S/C9H10IN2O5/c10-4-2-12(9(16)11-8(4)15)7-1-5(14)6(3-13)17-7/h2-3,5-7,13-14H,1H2,(H,11,15,16)/t5-,6+,7+/m0/s1. The van der Waals surface area contributed by atoms with Crippen molar-refractivity contribution in [1.82, 2.24) is 9.55 Å². The van der Waals surface area contributed by atoms with Crippen LogP contribution in [0.1, 0.15) is 12.6 Å². The van der Waals surface area contributed by atoms with Crippen LogP contribution in [-0.2, 0) is 4.74 Å². The molecule has 0 unspecified atom stereocenters. The predicted molar refractivity (Wildman–Crippen MR) is 64.8 cm³/mol. The van der Waals surface area contributed by atoms with Gasteiger partial charge in [0.1, 0.15) is 18.9 Å². The molecule has 1 saturated heterocycles. The predicted octanol–water partition coefficient (Wildman–Crippen LogP) is -0.676. The third kappa shape index (κ3) is 2.44. The SMILES string of the molecule is O=c1[nH]c(=O)n([C@H]2C[C@H](O)[C@@H]([CH]O)O2)cc1I. The molecule has 0 saturated carbocycles. The van der Waals surface area contributed by atoms with Crippen LogP contribution >= 0.6 is 22.6 Å². The van der Waals surface area contributed by atoms with Gasteiger partial charge < -0.3 is 14.9 Å². The maximum Gasteiger partial charge on any atom is 0.330 e. The van der Waals surface area contributed by atoms with E-state index in [1.165, 1.54) is 10.8 Å². The second kappa shape index (κ2) is 4.88. The largest absolute Gasteiger partial charge is 0.390 e. The first-order chi connectivity index (χ1) is 8.02. The number of nitrogens with one attached hydrogen (secondary N) is 1. The second-order valence-electron chi connectivity index (χ2n) is 3.65. The molecule has 17 heavy (non-hydrogen) atoms. The zero-order chi connectivity index (χ0) is 12.6. The molecule has 2 rings (SSSR count). The minimum atomic E-state index is -0.874. The third-order valence-corrected chi connectivity index (χ3v) is 3.29. The van der Waals surface area contributed by atoms with Gasteiger partial charge in [-0.2, -0.15) is 0 Å². The lowest BCUT2D eigenvalue weighted by Crippen LogP contribution is -2.33. The Bertz CT molecular complexity index is 525. The average molecular weight is 353 g/mol. The highest BCUT2D eigenvalue weighted by molar-refractivity contribution is 14.1. The van der Waals surface area contributed by atoms with E-state index in [0.29, 0.717) is 3.57 Å². The van der Waals surface area contributed by atoms with Gasteiger partial charge in [0.25, 0.3) is 5.56 Å². The maximum atomic E-state index is 11.6. The van der Waals surface area contributed by atoms with E-state index < -0.39 is 29.7 Å². The van der Waals surface area contributed by atoms with Crippen LogP contribution in [-0.4, -0.2) is 32.0 Å². The molecule has 8 heteroatoms. The lowest BCUT2D eigenvalue weighted by atomic mass is 10.2. The molecule has 0 amide bonds. The molecule has 7 nitrogen and oxygen atoms in total. The van der Waals surface area contributed by atoms with E-state index in [0.717, 1.165) is 6.61 Å². The summed E-state index contributed by atoms with van der Waals surface area (Å²) in [4.78, 5) is 24.9. The number of aromatic amines is 1. The monoisotopic (exact) mass is 353 g/mol. The summed E-state index contributed by atoms with van der Waals surface area (Å²) in [7, 11) is 0. The molecule has 0 spiro atoms. The van der Waals surface area contributed by atoms with Gasteiger partial charge in [-0.3, -0.25) is 14.3 Å². The molecule has 3 N–H and O–H groups in total. The van der Waals surface area contributed by atoms with Crippen molar-refractivity contribution in [3.05, 3.63) is 37.2 Å². The van der Waals surface area contributed by atoms with Gasteiger partial charge in [0.15, 0.2) is 0 Å². The highest BCUT2D eigenvalue weighted by Crippen LogP contribution is 2.28. The molecule has 1 aromatic rings. The van der Waals surface area contributed by atoms with Crippen LogP contribution in [0.5, 0.6) is 0 Å². The highest BCUT2D eigenvalue weighted by atomic mass is 127. The Kier molecular flexibility index (Phi) is 3.66. The third-order valence-electron chi connectivity index (χ3n) is 2.52. The molecule has 1 aromatic heterocycles. The van der Waals surface area contributed by atoms with Crippen LogP contribution in [0.2, 0.25) is 0 Å². The molecule has 0 bridgehead atoms. The van der Waals surface area contributed by atoms with Gasteiger partial charge in [-0.25, -0.2) is 4.79 Å². The van der Waals surface area contributed by atoms with E-state index in [2.05, 4.69) is 4.98 Å². The molecular weight excluding hydrogens is 343 g/mol. The quantitative estimate of drug-likeness (QED) is 0.612. The summed E-state index contributed by atoms with van der Waals surface area (Å²) >= 11 is 1.79. The number of ether oxygens (including phenoxy) is 1. The number of hydrogen-bond acceptors (Lipinski definition) is 5. The first-order valence-electron chi connectivity index (χ1n) is 4.85. The topological polar surface area (TPSA) is 105 Å². The molecule has 93 valence electrons. The molecule has 0 aliphatic carbocycles.